The van der Waals surface area contributed by atoms with Crippen molar-refractivity contribution < 1.29 is 0 Å². The van der Waals surface area contributed by atoms with Crippen LogP contribution in [0.2, 0.25) is 0 Å². The molecule has 5 nitrogen and oxygen atoms in total. The number of unbranched alkanes of at least 4 members (excludes halogenated alkanes) is 1. The van der Waals surface area contributed by atoms with E-state index in [-0.39, 0.29) is 5.56 Å². The lowest BCUT2D eigenvalue weighted by molar-refractivity contribution is 0.574. The standard InChI is InChI=1S/C21H30N4O/c1-17(19-11-5-4-6-12-19)16-24-21(22-3)23-14-7-8-15-25-18(2)10-9-13-20(25)26/h4-6,9-13,17H,7-8,14-16H2,1-3H3,(H2,22,23,24). The number of rotatable bonds is 8. The van der Waals surface area contributed by atoms with E-state index >= 15 is 0 Å². The average molecular weight is 354 g/mol. The van der Waals surface area contributed by atoms with E-state index < -0.39 is 0 Å². The smallest absolute Gasteiger partial charge is 0.250 e. The number of pyridine rings is 1. The van der Waals surface area contributed by atoms with Gasteiger partial charge in [-0.2, -0.15) is 0 Å². The van der Waals surface area contributed by atoms with Crippen LogP contribution >= 0.6 is 0 Å². The summed E-state index contributed by atoms with van der Waals surface area (Å²) in [5, 5.41) is 6.72. The van der Waals surface area contributed by atoms with Crippen molar-refractivity contribution in [3.8, 4) is 0 Å². The minimum Gasteiger partial charge on any atom is -0.356 e. The quantitative estimate of drug-likeness (QED) is 0.435. The van der Waals surface area contributed by atoms with Crippen LogP contribution in [0.3, 0.4) is 0 Å². The number of aromatic nitrogens is 1. The summed E-state index contributed by atoms with van der Waals surface area (Å²) in [4.78, 5) is 16.1. The van der Waals surface area contributed by atoms with Crippen LogP contribution in [0.5, 0.6) is 0 Å². The highest BCUT2D eigenvalue weighted by Crippen LogP contribution is 2.12. The zero-order valence-electron chi connectivity index (χ0n) is 16.0. The molecule has 0 amide bonds. The van der Waals surface area contributed by atoms with Crippen molar-refractivity contribution in [2.24, 2.45) is 4.99 Å². The third kappa shape index (κ3) is 6.06. The predicted octanol–water partition coefficient (Wildman–Crippen LogP) is 2.91. The van der Waals surface area contributed by atoms with E-state index in [2.05, 4.69) is 46.8 Å². The van der Waals surface area contributed by atoms with Crippen LogP contribution < -0.4 is 16.2 Å². The second-order valence-corrected chi connectivity index (χ2v) is 6.56. The first-order valence-electron chi connectivity index (χ1n) is 9.27. The largest absolute Gasteiger partial charge is 0.356 e. The second kappa shape index (κ2) is 10.4. The molecule has 0 saturated heterocycles. The molecule has 0 fully saturated rings. The van der Waals surface area contributed by atoms with Crippen LogP contribution in [0.4, 0.5) is 0 Å². The van der Waals surface area contributed by atoms with Gasteiger partial charge in [-0.05, 0) is 37.3 Å². The Morgan fingerprint density at radius 3 is 2.54 bits per heavy atom. The van der Waals surface area contributed by atoms with Gasteiger partial charge in [0.25, 0.3) is 5.56 Å². The molecule has 0 bridgehead atoms. The fourth-order valence-corrected chi connectivity index (χ4v) is 2.88. The first kappa shape index (κ1) is 19.8. The van der Waals surface area contributed by atoms with Gasteiger partial charge in [0.2, 0.25) is 0 Å². The SMILES string of the molecule is CN=C(NCCCCn1c(C)cccc1=O)NCC(C)c1ccccc1. The third-order valence-corrected chi connectivity index (χ3v) is 4.54. The van der Waals surface area contributed by atoms with Crippen LogP contribution in [0, 0.1) is 6.92 Å². The number of benzene rings is 1. The van der Waals surface area contributed by atoms with Crippen LogP contribution in [-0.2, 0) is 6.54 Å². The van der Waals surface area contributed by atoms with Crippen molar-refractivity contribution in [2.75, 3.05) is 20.1 Å². The molecule has 0 aliphatic heterocycles. The Labute approximate surface area is 156 Å². The van der Waals surface area contributed by atoms with Crippen molar-refractivity contribution in [3.05, 3.63) is 70.1 Å². The molecule has 26 heavy (non-hydrogen) atoms. The zero-order chi connectivity index (χ0) is 18.8. The van der Waals surface area contributed by atoms with Gasteiger partial charge in [-0.1, -0.05) is 43.3 Å². The number of aliphatic imine (C=N–C) groups is 1. The van der Waals surface area contributed by atoms with Crippen LogP contribution in [0.1, 0.15) is 36.9 Å². The Balaban J connectivity index is 1.68. The molecule has 1 aromatic heterocycles. The lowest BCUT2D eigenvalue weighted by Crippen LogP contribution is -2.39. The Hall–Kier alpha value is -2.56. The van der Waals surface area contributed by atoms with Gasteiger partial charge in [-0.25, -0.2) is 0 Å². The van der Waals surface area contributed by atoms with Crippen molar-refractivity contribution in [1.29, 1.82) is 0 Å². The minimum absolute atomic E-state index is 0.0744. The number of hydrogen-bond donors (Lipinski definition) is 2. The number of nitrogens with one attached hydrogen (secondary N) is 2. The molecule has 0 aliphatic rings. The first-order valence-corrected chi connectivity index (χ1v) is 9.27. The Morgan fingerprint density at radius 2 is 1.85 bits per heavy atom. The van der Waals surface area contributed by atoms with Crippen LogP contribution in [0.25, 0.3) is 0 Å². The molecule has 2 N–H and O–H groups in total. The lowest BCUT2D eigenvalue weighted by Gasteiger charge is -2.16. The molecular weight excluding hydrogens is 324 g/mol. The summed E-state index contributed by atoms with van der Waals surface area (Å²) in [7, 11) is 1.79. The summed E-state index contributed by atoms with van der Waals surface area (Å²) in [6.07, 6.45) is 1.94. The summed E-state index contributed by atoms with van der Waals surface area (Å²) in [5.41, 5.74) is 2.40. The number of nitrogens with zero attached hydrogens (tertiary/aromatic N) is 2. The van der Waals surface area contributed by atoms with Gasteiger partial charge >= 0.3 is 0 Å². The van der Waals surface area contributed by atoms with E-state index in [1.807, 2.05) is 29.7 Å². The Bertz CT molecular complexity index is 752. The molecule has 0 spiro atoms. The zero-order valence-corrected chi connectivity index (χ0v) is 16.0. The van der Waals surface area contributed by atoms with Gasteiger partial charge in [0.05, 0.1) is 0 Å². The molecule has 2 rings (SSSR count). The van der Waals surface area contributed by atoms with Crippen molar-refractivity contribution in [2.45, 2.75) is 39.2 Å². The average Bonchev–Trinajstić information content (AvgIpc) is 2.66. The fraction of sp³-hybridized carbons (Fsp3) is 0.429. The van der Waals surface area contributed by atoms with Crippen molar-refractivity contribution in [1.82, 2.24) is 15.2 Å². The molecule has 5 heteroatoms. The monoisotopic (exact) mass is 354 g/mol. The third-order valence-electron chi connectivity index (χ3n) is 4.54. The van der Waals surface area contributed by atoms with Gasteiger partial charge in [0.15, 0.2) is 5.96 Å². The van der Waals surface area contributed by atoms with E-state index in [1.165, 1.54) is 5.56 Å². The van der Waals surface area contributed by atoms with E-state index in [4.69, 9.17) is 0 Å². The molecule has 0 radical (unpaired) electrons. The number of hydrogen-bond acceptors (Lipinski definition) is 2. The first-order chi connectivity index (χ1) is 12.6. The topological polar surface area (TPSA) is 58.4 Å². The van der Waals surface area contributed by atoms with E-state index in [1.54, 1.807) is 13.1 Å². The maximum Gasteiger partial charge on any atom is 0.250 e. The summed E-state index contributed by atoms with van der Waals surface area (Å²) >= 11 is 0. The summed E-state index contributed by atoms with van der Waals surface area (Å²) in [5.74, 6) is 1.24. The summed E-state index contributed by atoms with van der Waals surface area (Å²) in [6, 6.07) is 15.9. The molecule has 140 valence electrons. The molecule has 1 atom stereocenters. The predicted molar refractivity (Wildman–Crippen MR) is 109 cm³/mol. The highest BCUT2D eigenvalue weighted by Gasteiger charge is 2.06. The van der Waals surface area contributed by atoms with Gasteiger partial charge < -0.3 is 15.2 Å². The fourth-order valence-electron chi connectivity index (χ4n) is 2.88. The Kier molecular flexibility index (Phi) is 7.93. The molecule has 1 heterocycles. The van der Waals surface area contributed by atoms with Gasteiger partial charge in [-0.3, -0.25) is 9.79 Å². The van der Waals surface area contributed by atoms with Crippen LogP contribution in [-0.4, -0.2) is 30.7 Å². The van der Waals surface area contributed by atoms with Gasteiger partial charge in [0, 0.05) is 38.4 Å². The Morgan fingerprint density at radius 1 is 1.08 bits per heavy atom. The van der Waals surface area contributed by atoms with Gasteiger partial charge in [0.1, 0.15) is 0 Å². The van der Waals surface area contributed by atoms with E-state index in [0.29, 0.717) is 5.92 Å². The molecule has 1 aromatic carbocycles. The number of guanidine groups is 1. The van der Waals surface area contributed by atoms with Gasteiger partial charge in [-0.15, -0.1) is 0 Å². The molecule has 0 saturated carbocycles. The van der Waals surface area contributed by atoms with Crippen molar-refractivity contribution >= 4 is 5.96 Å². The van der Waals surface area contributed by atoms with Crippen molar-refractivity contribution in [3.63, 3.8) is 0 Å². The second-order valence-electron chi connectivity index (χ2n) is 6.56. The summed E-state index contributed by atoms with van der Waals surface area (Å²) in [6.45, 7) is 6.60. The normalized spacial score (nSPS) is 12.7. The lowest BCUT2D eigenvalue weighted by atomic mass is 10.0. The molecule has 2 aromatic rings. The highest BCUT2D eigenvalue weighted by molar-refractivity contribution is 5.79. The maximum absolute atomic E-state index is 11.8. The number of aryl methyl sites for hydroxylation is 1. The van der Waals surface area contributed by atoms with E-state index in [9.17, 15) is 4.79 Å². The molecule has 0 aliphatic carbocycles. The maximum atomic E-state index is 11.8. The minimum atomic E-state index is 0.0744. The molecular formula is C21H30N4O. The highest BCUT2D eigenvalue weighted by atomic mass is 16.1. The van der Waals surface area contributed by atoms with Crippen LogP contribution in [0.15, 0.2) is 58.3 Å². The molecule has 1 unspecified atom stereocenters. The summed E-state index contributed by atoms with van der Waals surface area (Å²) < 4.78 is 1.83. The van der Waals surface area contributed by atoms with E-state index in [0.717, 1.165) is 44.1 Å².